The molecule has 0 aromatic carbocycles. The average molecular weight is 887 g/mol. The van der Waals surface area contributed by atoms with Gasteiger partial charge in [0, 0.05) is 19.3 Å². The van der Waals surface area contributed by atoms with Crippen LogP contribution < -0.4 is 0 Å². The highest BCUT2D eigenvalue weighted by molar-refractivity contribution is 5.71. The van der Waals surface area contributed by atoms with Crippen LogP contribution in [0.4, 0.5) is 0 Å². The lowest BCUT2D eigenvalue weighted by molar-refractivity contribution is -0.167. The number of carbonyl (C=O) groups is 3. The maximum Gasteiger partial charge on any atom is 0.306 e. The van der Waals surface area contributed by atoms with Crippen molar-refractivity contribution >= 4 is 17.9 Å². The summed E-state index contributed by atoms with van der Waals surface area (Å²) in [6.45, 7) is 6.30. The van der Waals surface area contributed by atoms with Gasteiger partial charge < -0.3 is 14.2 Å². The minimum atomic E-state index is -0.812. The third kappa shape index (κ3) is 49.1. The number of esters is 3. The Labute approximate surface area is 393 Å². The summed E-state index contributed by atoms with van der Waals surface area (Å²) in [6.07, 6.45) is 69.3. The molecule has 0 amide bonds. The van der Waals surface area contributed by atoms with Gasteiger partial charge in [0.2, 0.25) is 0 Å². The number of ether oxygens (including phenoxy) is 3. The van der Waals surface area contributed by atoms with Crippen molar-refractivity contribution in [1.82, 2.24) is 0 Å². The zero-order valence-electron chi connectivity index (χ0n) is 41.3. The van der Waals surface area contributed by atoms with Crippen LogP contribution in [-0.2, 0) is 28.6 Å². The molecule has 0 radical (unpaired) electrons. The third-order valence-corrected chi connectivity index (χ3v) is 10.7. The summed E-state index contributed by atoms with van der Waals surface area (Å²) in [5.74, 6) is -0.995. The smallest absolute Gasteiger partial charge is 0.306 e. The molecule has 1 atom stereocenters. The van der Waals surface area contributed by atoms with Gasteiger partial charge >= 0.3 is 17.9 Å². The molecule has 0 bridgehead atoms. The maximum absolute atomic E-state index is 12.8. The fraction of sp³-hybridized carbons (Fsp3) is 0.638. The second kappa shape index (κ2) is 51.7. The van der Waals surface area contributed by atoms with Crippen molar-refractivity contribution in [2.24, 2.45) is 0 Å². The van der Waals surface area contributed by atoms with Crippen LogP contribution in [0.1, 0.15) is 220 Å². The van der Waals surface area contributed by atoms with E-state index >= 15 is 0 Å². The van der Waals surface area contributed by atoms with Crippen molar-refractivity contribution in [3.05, 3.63) is 109 Å². The minimum Gasteiger partial charge on any atom is -0.462 e. The van der Waals surface area contributed by atoms with Crippen molar-refractivity contribution < 1.29 is 28.6 Å². The molecule has 0 aliphatic rings. The van der Waals surface area contributed by atoms with E-state index in [2.05, 4.69) is 69.4 Å². The minimum absolute atomic E-state index is 0.113. The van der Waals surface area contributed by atoms with Gasteiger partial charge in [-0.2, -0.15) is 0 Å². The van der Waals surface area contributed by atoms with E-state index in [4.69, 9.17) is 14.2 Å². The number of allylic oxidation sites excluding steroid dienone is 18. The normalized spacial score (nSPS) is 13.0. The first kappa shape index (κ1) is 60.1. The summed E-state index contributed by atoms with van der Waals surface area (Å²) in [6, 6.07) is 0. The van der Waals surface area contributed by atoms with Crippen LogP contribution in [0.5, 0.6) is 0 Å². The van der Waals surface area contributed by atoms with Gasteiger partial charge in [-0.05, 0) is 70.6 Å². The lowest BCUT2D eigenvalue weighted by Crippen LogP contribution is -2.30. The predicted octanol–water partition coefficient (Wildman–Crippen LogP) is 17.1. The van der Waals surface area contributed by atoms with E-state index in [-0.39, 0.29) is 31.1 Å². The fourth-order valence-corrected chi connectivity index (χ4v) is 6.84. The topological polar surface area (TPSA) is 78.9 Å². The van der Waals surface area contributed by atoms with Crippen LogP contribution in [0.3, 0.4) is 0 Å². The van der Waals surface area contributed by atoms with Gasteiger partial charge in [-0.15, -0.1) is 0 Å². The van der Waals surface area contributed by atoms with Crippen LogP contribution in [0, 0.1) is 0 Å². The van der Waals surface area contributed by atoms with E-state index in [1.54, 1.807) is 0 Å². The second-order valence-corrected chi connectivity index (χ2v) is 16.8. The molecule has 6 nitrogen and oxygen atoms in total. The lowest BCUT2D eigenvalue weighted by atomic mass is 10.0. The van der Waals surface area contributed by atoms with E-state index in [0.29, 0.717) is 19.3 Å². The van der Waals surface area contributed by atoms with Crippen molar-refractivity contribution in [3.8, 4) is 0 Å². The summed E-state index contributed by atoms with van der Waals surface area (Å²) in [5, 5.41) is 0. The molecular formula is C58H94O6. The number of hydrogen-bond acceptors (Lipinski definition) is 6. The van der Waals surface area contributed by atoms with Crippen LogP contribution in [0.2, 0.25) is 0 Å². The molecule has 0 aromatic heterocycles. The van der Waals surface area contributed by atoms with E-state index in [1.807, 2.05) is 60.8 Å². The quantitative estimate of drug-likeness (QED) is 0.0199. The molecule has 0 N–H and O–H groups in total. The Balaban J connectivity index is 4.50. The van der Waals surface area contributed by atoms with Crippen LogP contribution in [0.15, 0.2) is 109 Å². The monoisotopic (exact) mass is 887 g/mol. The predicted molar refractivity (Wildman–Crippen MR) is 274 cm³/mol. The molecule has 0 aromatic rings. The molecule has 0 heterocycles. The van der Waals surface area contributed by atoms with Crippen molar-refractivity contribution in [1.29, 1.82) is 0 Å². The highest BCUT2D eigenvalue weighted by Crippen LogP contribution is 2.15. The summed E-state index contributed by atoms with van der Waals surface area (Å²) < 4.78 is 16.7. The largest absolute Gasteiger partial charge is 0.462 e. The zero-order chi connectivity index (χ0) is 46.5. The van der Waals surface area contributed by atoms with Gasteiger partial charge in [-0.1, -0.05) is 239 Å². The molecule has 0 saturated heterocycles. The third-order valence-electron chi connectivity index (χ3n) is 10.7. The number of carbonyl (C=O) groups excluding carboxylic acids is 3. The highest BCUT2D eigenvalue weighted by atomic mass is 16.6. The van der Waals surface area contributed by atoms with Crippen molar-refractivity contribution in [3.63, 3.8) is 0 Å². The van der Waals surface area contributed by atoms with E-state index in [9.17, 15) is 14.4 Å². The Bertz CT molecular complexity index is 1340. The van der Waals surface area contributed by atoms with Gasteiger partial charge in [0.25, 0.3) is 0 Å². The molecule has 362 valence electrons. The number of unbranched alkanes of at least 4 members (excludes halogenated alkanes) is 21. The van der Waals surface area contributed by atoms with Gasteiger partial charge in [-0.25, -0.2) is 0 Å². The summed E-state index contributed by atoms with van der Waals surface area (Å²) in [5.41, 5.74) is 0. The Kier molecular flexibility index (Phi) is 48.5. The van der Waals surface area contributed by atoms with Gasteiger partial charge in [0.05, 0.1) is 0 Å². The standard InChI is InChI=1S/C58H94O6/c1-4-7-10-13-16-19-22-25-27-29-31-33-36-39-42-45-48-51-57(60)63-54-55(53-62-56(59)50-47-44-41-38-35-24-21-18-15-12-9-6-3)64-58(61)52-49-46-43-40-37-34-32-30-28-26-23-20-17-14-11-8-5-2/h7,9-10,12-13,16,18-19,21-22,25,27,29,31,33,35-36,38,55H,4-6,8,11,14-15,17,20,23-24,26,28,30,32,34,37,39-54H2,1-3H3/b10-7-,12-9-,16-13-,21-18-,22-19-,27-25-,31-29+,36-33-,38-35-. The Hall–Kier alpha value is -3.93. The molecule has 0 saturated carbocycles. The maximum atomic E-state index is 12.8. The SMILES string of the molecule is CC\C=C/C=C\C=C/C=C\C=C\C=C/CCCCCC(=O)OCC(COC(=O)CCCC/C=C\C/C=C\C/C=C\CC)OC(=O)CCCCCCCCCCCCCCCCCCC. The van der Waals surface area contributed by atoms with Gasteiger partial charge in [0.1, 0.15) is 13.2 Å². The summed E-state index contributed by atoms with van der Waals surface area (Å²) in [7, 11) is 0. The Morgan fingerprint density at radius 1 is 0.344 bits per heavy atom. The molecule has 0 aliphatic carbocycles. The van der Waals surface area contributed by atoms with Crippen molar-refractivity contribution in [2.75, 3.05) is 13.2 Å². The summed E-state index contributed by atoms with van der Waals surface area (Å²) in [4.78, 5) is 38.0. The van der Waals surface area contributed by atoms with Gasteiger partial charge in [-0.3, -0.25) is 14.4 Å². The number of hydrogen-bond donors (Lipinski definition) is 0. The Morgan fingerprint density at radius 2 is 0.688 bits per heavy atom. The molecule has 6 heteroatoms. The van der Waals surface area contributed by atoms with Crippen molar-refractivity contribution in [2.45, 2.75) is 226 Å². The first-order valence-corrected chi connectivity index (χ1v) is 26.0. The average Bonchev–Trinajstić information content (AvgIpc) is 3.29. The molecule has 0 fully saturated rings. The summed E-state index contributed by atoms with van der Waals surface area (Å²) >= 11 is 0. The van der Waals surface area contributed by atoms with Gasteiger partial charge in [0.15, 0.2) is 6.10 Å². The van der Waals surface area contributed by atoms with E-state index in [0.717, 1.165) is 89.9 Å². The van der Waals surface area contributed by atoms with E-state index < -0.39 is 6.10 Å². The van der Waals surface area contributed by atoms with Crippen LogP contribution in [0.25, 0.3) is 0 Å². The van der Waals surface area contributed by atoms with Crippen LogP contribution in [-0.4, -0.2) is 37.2 Å². The number of rotatable bonds is 45. The lowest BCUT2D eigenvalue weighted by Gasteiger charge is -2.18. The Morgan fingerprint density at radius 3 is 1.17 bits per heavy atom. The fourth-order valence-electron chi connectivity index (χ4n) is 6.84. The zero-order valence-corrected chi connectivity index (χ0v) is 41.3. The highest BCUT2D eigenvalue weighted by Gasteiger charge is 2.19. The van der Waals surface area contributed by atoms with E-state index in [1.165, 1.54) is 89.9 Å². The molecule has 0 spiro atoms. The second-order valence-electron chi connectivity index (χ2n) is 16.8. The molecule has 0 rings (SSSR count). The molecular weight excluding hydrogens is 793 g/mol. The molecule has 0 aliphatic heterocycles. The van der Waals surface area contributed by atoms with Crippen LogP contribution >= 0.6 is 0 Å². The molecule has 1 unspecified atom stereocenters. The first-order chi connectivity index (χ1) is 31.5. The molecule has 64 heavy (non-hydrogen) atoms. The first-order valence-electron chi connectivity index (χ1n) is 26.0.